The number of hydrogen-bond acceptors (Lipinski definition) is 6. The highest BCUT2D eigenvalue weighted by Crippen LogP contribution is 2.29. The molecule has 1 heterocycles. The number of fused-ring (bicyclic) bond motifs is 1. The summed E-state index contributed by atoms with van der Waals surface area (Å²) in [6, 6.07) is 4.74. The minimum atomic E-state index is -0.832. The number of carbonyl (C=O) groups excluding carboxylic acids is 2. The number of nitro groups is 1. The maximum absolute atomic E-state index is 12.6. The average molecular weight is 405 g/mol. The molecule has 0 aliphatic rings. The van der Waals surface area contributed by atoms with Crippen LogP contribution in [0.5, 0.6) is 0 Å². The van der Waals surface area contributed by atoms with Gasteiger partial charge in [0.15, 0.2) is 0 Å². The standard InChI is InChI=1S/C20H27N3O6/c1-19(2,3)28-17(24)22(18(25)29-20(4,5)6)11-10-13-12-21-14-8-7-9-15(16(13)14)23(26)27/h7-9,12,21H,10-11H2,1-6H3. The van der Waals surface area contributed by atoms with E-state index in [1.165, 1.54) is 6.07 Å². The van der Waals surface area contributed by atoms with E-state index in [1.54, 1.807) is 59.9 Å². The fourth-order valence-corrected chi connectivity index (χ4v) is 2.71. The van der Waals surface area contributed by atoms with Crippen molar-refractivity contribution in [2.24, 2.45) is 0 Å². The summed E-state index contributed by atoms with van der Waals surface area (Å²) in [6.45, 7) is 10.1. The van der Waals surface area contributed by atoms with E-state index in [4.69, 9.17) is 9.47 Å². The third-order valence-corrected chi connectivity index (χ3v) is 3.79. The zero-order valence-electron chi connectivity index (χ0n) is 17.6. The van der Waals surface area contributed by atoms with Crippen molar-refractivity contribution in [1.82, 2.24) is 9.88 Å². The lowest BCUT2D eigenvalue weighted by Gasteiger charge is -2.28. The number of nitro benzene ring substituents is 1. The Hall–Kier alpha value is -3.10. The number of hydrogen-bond donors (Lipinski definition) is 1. The summed E-state index contributed by atoms with van der Waals surface area (Å²) >= 11 is 0. The van der Waals surface area contributed by atoms with Gasteiger partial charge >= 0.3 is 12.2 Å². The van der Waals surface area contributed by atoms with Gasteiger partial charge in [-0.15, -0.1) is 0 Å². The molecule has 2 rings (SSSR count). The van der Waals surface area contributed by atoms with Gasteiger partial charge in [-0.05, 0) is 59.6 Å². The predicted molar refractivity (Wildman–Crippen MR) is 108 cm³/mol. The van der Waals surface area contributed by atoms with E-state index in [0.29, 0.717) is 16.5 Å². The van der Waals surface area contributed by atoms with E-state index in [-0.39, 0.29) is 18.7 Å². The van der Waals surface area contributed by atoms with Gasteiger partial charge in [-0.2, -0.15) is 0 Å². The summed E-state index contributed by atoms with van der Waals surface area (Å²) in [5.41, 5.74) is -0.409. The highest BCUT2D eigenvalue weighted by Gasteiger charge is 2.31. The fourth-order valence-electron chi connectivity index (χ4n) is 2.71. The third kappa shape index (κ3) is 5.94. The van der Waals surface area contributed by atoms with Crippen molar-refractivity contribution in [3.05, 3.63) is 40.1 Å². The summed E-state index contributed by atoms with van der Waals surface area (Å²) in [6.07, 6.45) is 0.172. The van der Waals surface area contributed by atoms with Crippen molar-refractivity contribution >= 4 is 28.8 Å². The fraction of sp³-hybridized carbons (Fsp3) is 0.500. The van der Waals surface area contributed by atoms with Crippen LogP contribution in [-0.4, -0.2) is 44.7 Å². The zero-order valence-corrected chi connectivity index (χ0v) is 17.6. The lowest BCUT2D eigenvalue weighted by molar-refractivity contribution is -0.383. The van der Waals surface area contributed by atoms with Crippen LogP contribution in [0, 0.1) is 10.1 Å². The molecular weight excluding hydrogens is 378 g/mol. The third-order valence-electron chi connectivity index (χ3n) is 3.79. The van der Waals surface area contributed by atoms with Crippen LogP contribution in [0.4, 0.5) is 15.3 Å². The average Bonchev–Trinajstić information content (AvgIpc) is 2.94. The number of aromatic nitrogens is 1. The van der Waals surface area contributed by atoms with Gasteiger partial charge in [0.05, 0.1) is 15.8 Å². The van der Waals surface area contributed by atoms with E-state index in [2.05, 4.69) is 4.98 Å². The van der Waals surface area contributed by atoms with E-state index in [0.717, 1.165) is 4.90 Å². The van der Waals surface area contributed by atoms with E-state index < -0.39 is 28.3 Å². The molecule has 29 heavy (non-hydrogen) atoms. The molecule has 0 unspecified atom stereocenters. The Bertz CT molecular complexity index is 892. The van der Waals surface area contributed by atoms with Crippen LogP contribution in [0.1, 0.15) is 47.1 Å². The monoisotopic (exact) mass is 405 g/mol. The maximum atomic E-state index is 12.6. The highest BCUT2D eigenvalue weighted by molar-refractivity contribution is 5.92. The van der Waals surface area contributed by atoms with Crippen LogP contribution in [-0.2, 0) is 15.9 Å². The summed E-state index contributed by atoms with van der Waals surface area (Å²) < 4.78 is 10.6. The topological polar surface area (TPSA) is 115 Å². The van der Waals surface area contributed by atoms with Crippen molar-refractivity contribution in [2.75, 3.05) is 6.54 Å². The number of aromatic amines is 1. The quantitative estimate of drug-likeness (QED) is 0.578. The Morgan fingerprint density at radius 2 is 1.62 bits per heavy atom. The highest BCUT2D eigenvalue weighted by atomic mass is 16.6. The number of amides is 2. The molecule has 9 heteroatoms. The SMILES string of the molecule is CC(C)(C)OC(=O)N(CCc1c[nH]c2cccc([N+](=O)[O-])c12)C(=O)OC(C)(C)C. The molecule has 0 saturated carbocycles. The first kappa shape index (κ1) is 22.2. The van der Waals surface area contributed by atoms with Crippen molar-refractivity contribution in [3.63, 3.8) is 0 Å². The van der Waals surface area contributed by atoms with Gasteiger partial charge in [0, 0.05) is 18.8 Å². The van der Waals surface area contributed by atoms with Gasteiger partial charge < -0.3 is 14.5 Å². The Balaban J connectivity index is 2.30. The molecule has 158 valence electrons. The molecule has 1 aromatic heterocycles. The van der Waals surface area contributed by atoms with Crippen LogP contribution >= 0.6 is 0 Å². The second-order valence-electron chi connectivity index (χ2n) is 8.63. The molecule has 2 aromatic rings. The summed E-state index contributed by atoms with van der Waals surface area (Å²) in [5.74, 6) is 0. The van der Waals surface area contributed by atoms with E-state index in [9.17, 15) is 19.7 Å². The Kier molecular flexibility index (Phi) is 6.20. The number of imide groups is 1. The van der Waals surface area contributed by atoms with Crippen LogP contribution in [0.3, 0.4) is 0 Å². The van der Waals surface area contributed by atoms with Gasteiger partial charge in [0.2, 0.25) is 0 Å². The Labute approximate surface area is 169 Å². The lowest BCUT2D eigenvalue weighted by atomic mass is 10.1. The molecule has 0 radical (unpaired) electrons. The zero-order chi connectivity index (χ0) is 22.0. The van der Waals surface area contributed by atoms with Gasteiger partial charge in [0.1, 0.15) is 11.2 Å². The number of non-ortho nitro benzene ring substituents is 1. The first-order valence-electron chi connectivity index (χ1n) is 9.25. The van der Waals surface area contributed by atoms with Crippen LogP contribution < -0.4 is 0 Å². The van der Waals surface area contributed by atoms with Crippen molar-refractivity contribution in [1.29, 1.82) is 0 Å². The van der Waals surface area contributed by atoms with Gasteiger partial charge in [0.25, 0.3) is 5.69 Å². The largest absolute Gasteiger partial charge is 0.443 e. The van der Waals surface area contributed by atoms with Crippen molar-refractivity contribution < 1.29 is 24.0 Å². The van der Waals surface area contributed by atoms with E-state index >= 15 is 0 Å². The van der Waals surface area contributed by atoms with E-state index in [1.807, 2.05) is 0 Å². The number of carbonyl (C=O) groups is 2. The molecule has 9 nitrogen and oxygen atoms in total. The molecule has 1 aromatic carbocycles. The molecule has 2 amide bonds. The second-order valence-corrected chi connectivity index (χ2v) is 8.63. The molecule has 0 spiro atoms. The molecule has 0 bridgehead atoms. The normalized spacial score (nSPS) is 11.9. The molecule has 0 aliphatic carbocycles. The molecule has 0 saturated heterocycles. The number of H-pyrrole nitrogens is 1. The summed E-state index contributed by atoms with van der Waals surface area (Å²) in [5, 5.41) is 11.8. The Morgan fingerprint density at radius 1 is 1.07 bits per heavy atom. The Morgan fingerprint density at radius 3 is 2.10 bits per heavy atom. The van der Waals surface area contributed by atoms with Gasteiger partial charge in [-0.3, -0.25) is 10.1 Å². The van der Waals surface area contributed by atoms with Crippen LogP contribution in [0.25, 0.3) is 10.9 Å². The molecule has 0 aliphatic heterocycles. The number of rotatable bonds is 4. The first-order valence-corrected chi connectivity index (χ1v) is 9.25. The molecule has 1 N–H and O–H groups in total. The van der Waals surface area contributed by atoms with Gasteiger partial charge in [-0.1, -0.05) is 6.07 Å². The molecule has 0 atom stereocenters. The lowest BCUT2D eigenvalue weighted by Crippen LogP contribution is -2.44. The van der Waals surface area contributed by atoms with Crippen molar-refractivity contribution in [2.45, 2.75) is 59.2 Å². The van der Waals surface area contributed by atoms with Crippen molar-refractivity contribution in [3.8, 4) is 0 Å². The number of nitrogens with zero attached hydrogens (tertiary/aromatic N) is 2. The number of benzene rings is 1. The number of nitrogens with one attached hydrogen (secondary N) is 1. The minimum absolute atomic E-state index is 0.0418. The maximum Gasteiger partial charge on any atom is 0.419 e. The minimum Gasteiger partial charge on any atom is -0.443 e. The smallest absolute Gasteiger partial charge is 0.419 e. The summed E-state index contributed by atoms with van der Waals surface area (Å²) in [4.78, 5) is 39.9. The first-order chi connectivity index (χ1) is 13.3. The van der Waals surface area contributed by atoms with Gasteiger partial charge in [-0.25, -0.2) is 14.5 Å². The molecular formula is C20H27N3O6. The second kappa shape index (κ2) is 8.10. The van der Waals surface area contributed by atoms with Crippen LogP contribution in [0.15, 0.2) is 24.4 Å². The molecule has 0 fully saturated rings. The summed E-state index contributed by atoms with van der Waals surface area (Å²) in [7, 11) is 0. The van der Waals surface area contributed by atoms with Crippen LogP contribution in [0.2, 0.25) is 0 Å². The number of ether oxygens (including phenoxy) is 2. The predicted octanol–water partition coefficient (Wildman–Crippen LogP) is 4.79.